The van der Waals surface area contributed by atoms with Gasteiger partial charge in [-0.25, -0.2) is 8.78 Å². The molecule has 2 aliphatic heterocycles. The maximum absolute atomic E-state index is 13.8. The SMILES string of the molecule is C[C@H](NC(=O)C[C@@H]1NC2NC(Cl)CCC2NC1=O)c1ccc(F)cc1F. The molecule has 4 N–H and O–H groups in total. The number of hydrogen-bond donors (Lipinski definition) is 4. The van der Waals surface area contributed by atoms with Crippen molar-refractivity contribution in [2.24, 2.45) is 0 Å². The summed E-state index contributed by atoms with van der Waals surface area (Å²) >= 11 is 6.08. The zero-order valence-corrected chi connectivity index (χ0v) is 14.9. The molecule has 0 aromatic heterocycles. The molecule has 6 nitrogen and oxygen atoms in total. The number of alkyl halides is 1. The van der Waals surface area contributed by atoms with Crippen LogP contribution in [0.4, 0.5) is 8.78 Å². The number of hydrogen-bond acceptors (Lipinski definition) is 4. The van der Waals surface area contributed by atoms with Crippen LogP contribution in [-0.2, 0) is 9.59 Å². The summed E-state index contributed by atoms with van der Waals surface area (Å²) in [4.78, 5) is 24.5. The van der Waals surface area contributed by atoms with Gasteiger partial charge in [0.2, 0.25) is 11.8 Å². The first-order valence-corrected chi connectivity index (χ1v) is 8.98. The minimum absolute atomic E-state index is 0.0657. The first kappa shape index (κ1) is 19.0. The number of halogens is 3. The average molecular weight is 387 g/mol. The minimum Gasteiger partial charge on any atom is -0.349 e. The second-order valence-electron chi connectivity index (χ2n) is 6.68. The first-order chi connectivity index (χ1) is 12.3. The number of fused-ring (bicyclic) bond motifs is 1. The molecule has 9 heteroatoms. The molecule has 2 amide bonds. The molecule has 1 aromatic carbocycles. The summed E-state index contributed by atoms with van der Waals surface area (Å²) in [5, 5.41) is 11.8. The highest BCUT2D eigenvalue weighted by molar-refractivity contribution is 6.20. The van der Waals surface area contributed by atoms with Gasteiger partial charge >= 0.3 is 0 Å². The predicted molar refractivity (Wildman–Crippen MR) is 92.2 cm³/mol. The molecule has 26 heavy (non-hydrogen) atoms. The lowest BCUT2D eigenvalue weighted by molar-refractivity contribution is -0.131. The van der Waals surface area contributed by atoms with E-state index in [1.807, 2.05) is 0 Å². The highest BCUT2D eigenvalue weighted by atomic mass is 35.5. The fourth-order valence-corrected chi connectivity index (χ4v) is 3.61. The van der Waals surface area contributed by atoms with Gasteiger partial charge in [-0.2, -0.15) is 0 Å². The van der Waals surface area contributed by atoms with Crippen LogP contribution in [0, 0.1) is 11.6 Å². The fourth-order valence-electron chi connectivity index (χ4n) is 3.35. The van der Waals surface area contributed by atoms with E-state index in [4.69, 9.17) is 11.6 Å². The number of piperidine rings is 1. The van der Waals surface area contributed by atoms with Gasteiger partial charge in [-0.3, -0.25) is 20.2 Å². The Bertz CT molecular complexity index is 705. The molecule has 0 bridgehead atoms. The van der Waals surface area contributed by atoms with E-state index < -0.39 is 29.6 Å². The van der Waals surface area contributed by atoms with Gasteiger partial charge in [0.1, 0.15) is 11.6 Å². The Kier molecular flexibility index (Phi) is 5.74. The van der Waals surface area contributed by atoms with Gasteiger partial charge in [0.05, 0.1) is 36.2 Å². The third-order valence-corrected chi connectivity index (χ3v) is 5.06. The summed E-state index contributed by atoms with van der Waals surface area (Å²) in [6.45, 7) is 1.60. The van der Waals surface area contributed by atoms with Crippen LogP contribution >= 0.6 is 11.6 Å². The number of benzene rings is 1. The van der Waals surface area contributed by atoms with Gasteiger partial charge in [-0.15, -0.1) is 11.6 Å². The Morgan fingerprint density at radius 2 is 2.12 bits per heavy atom. The maximum atomic E-state index is 13.8. The lowest BCUT2D eigenvalue weighted by atomic mass is 9.98. The molecular formula is C17H21ClF2N4O2. The van der Waals surface area contributed by atoms with E-state index >= 15 is 0 Å². The number of piperazine rings is 1. The van der Waals surface area contributed by atoms with Crippen LogP contribution in [0.25, 0.3) is 0 Å². The number of nitrogens with one attached hydrogen (secondary N) is 4. The third kappa shape index (κ3) is 4.31. The normalized spacial score (nSPS) is 29.5. The molecule has 0 radical (unpaired) electrons. The Hall–Kier alpha value is -1.77. The zero-order chi connectivity index (χ0) is 18.8. The first-order valence-electron chi connectivity index (χ1n) is 8.54. The average Bonchev–Trinajstić information content (AvgIpc) is 2.55. The minimum atomic E-state index is -0.728. The lowest BCUT2D eigenvalue weighted by Crippen LogP contribution is -2.71. The second-order valence-corrected chi connectivity index (χ2v) is 7.21. The standard InChI is InChI=1S/C17H21ClF2N4O2/c1-8(10-3-2-9(19)6-11(10)20)21-15(25)7-13-17(26)23-12-4-5-14(18)24-16(12)22-13/h2-3,6,8,12-14,16,22,24H,4-5,7H2,1H3,(H,21,25)(H,23,26)/t8-,12?,13-,14?,16?/m0/s1. The molecular weight excluding hydrogens is 366 g/mol. The quantitative estimate of drug-likeness (QED) is 0.464. The molecule has 0 aliphatic carbocycles. The van der Waals surface area contributed by atoms with Crippen LogP contribution in [-0.4, -0.2) is 35.6 Å². The number of carbonyl (C=O) groups is 2. The summed E-state index contributed by atoms with van der Waals surface area (Å²) < 4.78 is 26.8. The number of rotatable bonds is 4. The summed E-state index contributed by atoms with van der Waals surface area (Å²) in [6.07, 6.45) is 1.20. The van der Waals surface area contributed by atoms with Crippen molar-refractivity contribution in [2.45, 2.75) is 56.0 Å². The Morgan fingerprint density at radius 1 is 1.35 bits per heavy atom. The van der Waals surface area contributed by atoms with Gasteiger partial charge < -0.3 is 10.6 Å². The van der Waals surface area contributed by atoms with Crippen LogP contribution in [0.1, 0.15) is 37.8 Å². The van der Waals surface area contributed by atoms with Crippen molar-refractivity contribution < 1.29 is 18.4 Å². The number of carbonyl (C=O) groups excluding carboxylic acids is 2. The molecule has 142 valence electrons. The zero-order valence-electron chi connectivity index (χ0n) is 14.2. The molecule has 2 saturated heterocycles. The number of amides is 2. The van der Waals surface area contributed by atoms with Crippen LogP contribution in [0.3, 0.4) is 0 Å². The van der Waals surface area contributed by atoms with Crippen LogP contribution in [0.15, 0.2) is 18.2 Å². The van der Waals surface area contributed by atoms with E-state index in [9.17, 15) is 18.4 Å². The highest BCUT2D eigenvalue weighted by Gasteiger charge is 2.39. The van der Waals surface area contributed by atoms with Crippen molar-refractivity contribution >= 4 is 23.4 Å². The topological polar surface area (TPSA) is 82.3 Å². The Balaban J connectivity index is 1.58. The monoisotopic (exact) mass is 386 g/mol. The molecule has 3 unspecified atom stereocenters. The summed E-state index contributed by atoms with van der Waals surface area (Å²) in [6, 6.07) is 1.76. The third-order valence-electron chi connectivity index (χ3n) is 4.71. The fraction of sp³-hybridized carbons (Fsp3) is 0.529. The second kappa shape index (κ2) is 7.85. The van der Waals surface area contributed by atoms with Crippen molar-refractivity contribution in [1.82, 2.24) is 21.3 Å². The van der Waals surface area contributed by atoms with E-state index in [0.717, 1.165) is 25.0 Å². The van der Waals surface area contributed by atoms with E-state index in [2.05, 4.69) is 21.3 Å². The largest absolute Gasteiger partial charge is 0.349 e. The van der Waals surface area contributed by atoms with Crippen molar-refractivity contribution in [3.63, 3.8) is 0 Å². The van der Waals surface area contributed by atoms with Crippen molar-refractivity contribution in [3.05, 3.63) is 35.4 Å². The predicted octanol–water partition coefficient (Wildman–Crippen LogP) is 1.26. The highest BCUT2D eigenvalue weighted by Crippen LogP contribution is 2.20. The summed E-state index contributed by atoms with van der Waals surface area (Å²) in [5.74, 6) is -2.07. The van der Waals surface area contributed by atoms with Crippen LogP contribution < -0.4 is 21.3 Å². The maximum Gasteiger partial charge on any atom is 0.238 e. The van der Waals surface area contributed by atoms with E-state index in [-0.39, 0.29) is 35.6 Å². The van der Waals surface area contributed by atoms with Gasteiger partial charge in [0, 0.05) is 11.6 Å². The molecule has 3 rings (SSSR count). The van der Waals surface area contributed by atoms with Gasteiger partial charge in [-0.05, 0) is 25.8 Å². The van der Waals surface area contributed by atoms with Crippen LogP contribution in [0.2, 0.25) is 0 Å². The molecule has 1 aromatic rings. The Morgan fingerprint density at radius 3 is 2.85 bits per heavy atom. The molecule has 2 fully saturated rings. The van der Waals surface area contributed by atoms with E-state index in [0.29, 0.717) is 0 Å². The Labute approximate surface area is 155 Å². The van der Waals surface area contributed by atoms with Gasteiger partial charge in [0.15, 0.2) is 0 Å². The van der Waals surface area contributed by atoms with E-state index in [1.165, 1.54) is 6.07 Å². The molecule has 5 atom stereocenters. The molecule has 2 aliphatic rings. The van der Waals surface area contributed by atoms with Gasteiger partial charge in [-0.1, -0.05) is 6.07 Å². The molecule has 0 saturated carbocycles. The van der Waals surface area contributed by atoms with E-state index in [1.54, 1.807) is 6.92 Å². The van der Waals surface area contributed by atoms with Crippen molar-refractivity contribution in [1.29, 1.82) is 0 Å². The lowest BCUT2D eigenvalue weighted by Gasteiger charge is -2.42. The summed E-state index contributed by atoms with van der Waals surface area (Å²) in [5.41, 5.74) is -0.00509. The molecule has 0 spiro atoms. The van der Waals surface area contributed by atoms with Gasteiger partial charge in [0.25, 0.3) is 0 Å². The molecule has 2 heterocycles. The van der Waals surface area contributed by atoms with Crippen molar-refractivity contribution in [3.8, 4) is 0 Å². The van der Waals surface area contributed by atoms with Crippen molar-refractivity contribution in [2.75, 3.05) is 0 Å². The summed E-state index contributed by atoms with van der Waals surface area (Å²) in [7, 11) is 0. The van der Waals surface area contributed by atoms with Crippen LogP contribution in [0.5, 0.6) is 0 Å². The smallest absolute Gasteiger partial charge is 0.238 e.